The summed E-state index contributed by atoms with van der Waals surface area (Å²) in [5.74, 6) is -0.720. The van der Waals surface area contributed by atoms with Crippen molar-refractivity contribution in [2.24, 2.45) is 5.73 Å². The first-order valence-corrected chi connectivity index (χ1v) is 12.5. The Kier molecular flexibility index (Phi) is 8.18. The van der Waals surface area contributed by atoms with Gasteiger partial charge in [0.1, 0.15) is 11.9 Å². The van der Waals surface area contributed by atoms with Crippen molar-refractivity contribution in [2.45, 2.75) is 51.7 Å². The number of hydrogen-bond acceptors (Lipinski definition) is 3. The lowest BCUT2D eigenvalue weighted by Gasteiger charge is -2.26. The molecule has 0 aliphatic carbocycles. The van der Waals surface area contributed by atoms with Gasteiger partial charge in [0.15, 0.2) is 0 Å². The summed E-state index contributed by atoms with van der Waals surface area (Å²) in [6.07, 6.45) is 1.94. The van der Waals surface area contributed by atoms with E-state index in [0.717, 1.165) is 27.8 Å². The van der Waals surface area contributed by atoms with E-state index in [4.69, 9.17) is 5.73 Å². The van der Waals surface area contributed by atoms with Gasteiger partial charge in [0.05, 0.1) is 6.54 Å². The number of nitrogens with two attached hydrogens (primary N) is 1. The minimum Gasteiger partial charge on any atom is -0.352 e. The third kappa shape index (κ3) is 6.33. The van der Waals surface area contributed by atoms with Gasteiger partial charge in [-0.1, -0.05) is 55.5 Å². The molecule has 0 unspecified atom stereocenters. The number of aryl methyl sites for hydroxylation is 1. The molecule has 1 atom stereocenters. The number of urea groups is 1. The molecule has 0 fully saturated rings. The first kappa shape index (κ1) is 25.9. The third-order valence-electron chi connectivity index (χ3n) is 6.49. The van der Waals surface area contributed by atoms with Crippen LogP contribution in [0.3, 0.4) is 0 Å². The van der Waals surface area contributed by atoms with E-state index in [9.17, 15) is 18.8 Å². The van der Waals surface area contributed by atoms with Gasteiger partial charge in [0, 0.05) is 18.7 Å². The predicted octanol–water partition coefficient (Wildman–Crippen LogP) is 4.43. The van der Waals surface area contributed by atoms with E-state index >= 15 is 0 Å². The highest BCUT2D eigenvalue weighted by atomic mass is 19.1. The summed E-state index contributed by atoms with van der Waals surface area (Å²) in [6, 6.07) is 18.7. The maximum Gasteiger partial charge on any atom is 0.312 e. The Morgan fingerprint density at radius 1 is 1.08 bits per heavy atom. The highest BCUT2D eigenvalue weighted by Crippen LogP contribution is 2.30. The van der Waals surface area contributed by atoms with Crippen LogP contribution >= 0.6 is 0 Å². The molecule has 3 aromatic carbocycles. The van der Waals surface area contributed by atoms with E-state index in [2.05, 4.69) is 10.6 Å². The summed E-state index contributed by atoms with van der Waals surface area (Å²) >= 11 is 0. The van der Waals surface area contributed by atoms with Gasteiger partial charge < -0.3 is 21.3 Å². The van der Waals surface area contributed by atoms with Crippen LogP contribution in [0.5, 0.6) is 0 Å². The molecule has 3 aromatic rings. The van der Waals surface area contributed by atoms with Crippen molar-refractivity contribution in [1.82, 2.24) is 10.6 Å². The number of nitrogens with one attached hydrogen (secondary N) is 2. The predicted molar refractivity (Wildman–Crippen MR) is 141 cm³/mol. The van der Waals surface area contributed by atoms with Crippen LogP contribution < -0.4 is 21.3 Å². The smallest absolute Gasteiger partial charge is 0.312 e. The standard InChI is InChI=1S/C29H31FN4O3/c1-2-5-27(35)33-25-14-12-21-16-23(30)13-15-26(21)34(28(25)36)18-19-8-10-20(11-9-19)24-7-4-3-6-22(24)17-32-29(31)37/h3-4,6-11,13,15-16,25H,2,5,12,14,17-18H2,1H3,(H,33,35)(H3,31,32,37)/t25-/m1/s1. The Bertz CT molecular complexity index is 1290. The number of benzene rings is 3. The zero-order valence-electron chi connectivity index (χ0n) is 20.8. The number of anilines is 1. The second kappa shape index (κ2) is 11.7. The minimum absolute atomic E-state index is 0.160. The summed E-state index contributed by atoms with van der Waals surface area (Å²) in [5.41, 5.74) is 10.4. The lowest BCUT2D eigenvalue weighted by Crippen LogP contribution is -2.47. The van der Waals surface area contributed by atoms with Gasteiger partial charge in [0.2, 0.25) is 11.8 Å². The van der Waals surface area contributed by atoms with Crippen LogP contribution in [-0.2, 0) is 29.1 Å². The molecule has 1 aliphatic heterocycles. The Hall–Kier alpha value is -4.20. The molecule has 7 nitrogen and oxygen atoms in total. The van der Waals surface area contributed by atoms with E-state index in [0.29, 0.717) is 37.9 Å². The van der Waals surface area contributed by atoms with Crippen LogP contribution in [0.2, 0.25) is 0 Å². The molecule has 1 heterocycles. The number of halogens is 1. The number of primary amides is 1. The van der Waals surface area contributed by atoms with Crippen LogP contribution in [0.4, 0.5) is 14.9 Å². The number of fused-ring (bicyclic) bond motifs is 1. The molecular formula is C29H31FN4O3. The SMILES string of the molecule is CCCC(=O)N[C@@H]1CCc2cc(F)ccc2N(Cc2ccc(-c3ccccc3CNC(N)=O)cc2)C1=O. The van der Waals surface area contributed by atoms with Crippen LogP contribution in [-0.4, -0.2) is 23.9 Å². The number of carbonyl (C=O) groups is 3. The van der Waals surface area contributed by atoms with E-state index < -0.39 is 12.1 Å². The van der Waals surface area contributed by atoms with Gasteiger partial charge >= 0.3 is 6.03 Å². The van der Waals surface area contributed by atoms with Crippen LogP contribution in [0.25, 0.3) is 11.1 Å². The van der Waals surface area contributed by atoms with Gasteiger partial charge in [-0.3, -0.25) is 9.59 Å². The Labute approximate surface area is 215 Å². The summed E-state index contributed by atoms with van der Waals surface area (Å²) in [4.78, 5) is 38.6. The zero-order chi connectivity index (χ0) is 26.4. The molecule has 0 aromatic heterocycles. The molecule has 8 heteroatoms. The van der Waals surface area contributed by atoms with Crippen LogP contribution in [0, 0.1) is 5.82 Å². The topological polar surface area (TPSA) is 105 Å². The third-order valence-corrected chi connectivity index (χ3v) is 6.49. The largest absolute Gasteiger partial charge is 0.352 e. The van der Waals surface area contributed by atoms with Crippen molar-refractivity contribution in [3.63, 3.8) is 0 Å². The van der Waals surface area contributed by atoms with Gasteiger partial charge in [0.25, 0.3) is 0 Å². The fourth-order valence-corrected chi connectivity index (χ4v) is 4.65. The lowest BCUT2D eigenvalue weighted by molar-refractivity contribution is -0.127. The second-order valence-electron chi connectivity index (χ2n) is 9.18. The number of hydrogen-bond donors (Lipinski definition) is 3. The molecule has 1 aliphatic rings. The zero-order valence-corrected chi connectivity index (χ0v) is 20.8. The highest BCUT2D eigenvalue weighted by molar-refractivity contribution is 6.00. The molecule has 4 rings (SSSR count). The van der Waals surface area contributed by atoms with E-state index in [1.807, 2.05) is 55.5 Å². The quantitative estimate of drug-likeness (QED) is 0.425. The molecule has 0 saturated heterocycles. The van der Waals surface area contributed by atoms with Crippen molar-refractivity contribution in [2.75, 3.05) is 4.90 Å². The molecule has 192 valence electrons. The lowest BCUT2D eigenvalue weighted by atomic mass is 9.98. The maximum absolute atomic E-state index is 14.0. The molecule has 0 bridgehead atoms. The fraction of sp³-hybridized carbons (Fsp3) is 0.276. The monoisotopic (exact) mass is 502 g/mol. The number of carbonyl (C=O) groups excluding carboxylic acids is 3. The van der Waals surface area contributed by atoms with Gasteiger partial charge in [-0.15, -0.1) is 0 Å². The van der Waals surface area contributed by atoms with Crippen LogP contribution in [0.1, 0.15) is 42.9 Å². The fourth-order valence-electron chi connectivity index (χ4n) is 4.65. The van der Waals surface area contributed by atoms with Gasteiger partial charge in [-0.25, -0.2) is 9.18 Å². The Morgan fingerprint density at radius 2 is 1.84 bits per heavy atom. The van der Waals surface area contributed by atoms with E-state index in [1.165, 1.54) is 12.1 Å². The Morgan fingerprint density at radius 3 is 2.57 bits per heavy atom. The number of amides is 4. The van der Waals surface area contributed by atoms with Gasteiger partial charge in [-0.05, 0) is 65.3 Å². The molecule has 37 heavy (non-hydrogen) atoms. The normalized spacial score (nSPS) is 15.0. The van der Waals surface area contributed by atoms with Crippen molar-refractivity contribution in [3.05, 3.63) is 89.2 Å². The molecule has 0 saturated carbocycles. The average Bonchev–Trinajstić information content (AvgIpc) is 3.00. The van der Waals surface area contributed by atoms with Crippen molar-refractivity contribution >= 4 is 23.5 Å². The van der Waals surface area contributed by atoms with Crippen molar-refractivity contribution in [3.8, 4) is 11.1 Å². The molecule has 0 spiro atoms. The Balaban J connectivity index is 1.60. The van der Waals surface area contributed by atoms with Crippen LogP contribution in [0.15, 0.2) is 66.7 Å². The van der Waals surface area contributed by atoms with E-state index in [1.54, 1.807) is 11.0 Å². The summed E-state index contributed by atoms with van der Waals surface area (Å²) in [6.45, 7) is 2.51. The molecule has 4 amide bonds. The van der Waals surface area contributed by atoms with Gasteiger partial charge in [-0.2, -0.15) is 0 Å². The summed E-state index contributed by atoms with van der Waals surface area (Å²) < 4.78 is 14.0. The number of rotatable bonds is 8. The first-order chi connectivity index (χ1) is 17.9. The minimum atomic E-state index is -0.668. The van der Waals surface area contributed by atoms with E-state index in [-0.39, 0.29) is 24.2 Å². The molecule has 0 radical (unpaired) electrons. The summed E-state index contributed by atoms with van der Waals surface area (Å²) in [5, 5.41) is 5.49. The summed E-state index contributed by atoms with van der Waals surface area (Å²) in [7, 11) is 0. The number of nitrogens with zero attached hydrogens (tertiary/aromatic N) is 1. The van der Waals surface area contributed by atoms with Crippen molar-refractivity contribution in [1.29, 1.82) is 0 Å². The molecular weight excluding hydrogens is 471 g/mol. The first-order valence-electron chi connectivity index (χ1n) is 12.5. The van der Waals surface area contributed by atoms with Crippen molar-refractivity contribution < 1.29 is 18.8 Å². The second-order valence-corrected chi connectivity index (χ2v) is 9.18. The average molecular weight is 503 g/mol. The highest BCUT2D eigenvalue weighted by Gasteiger charge is 2.31. The maximum atomic E-state index is 14.0. The molecule has 4 N–H and O–H groups in total.